The maximum atomic E-state index is 11.0. The van der Waals surface area contributed by atoms with Crippen molar-refractivity contribution in [2.75, 3.05) is 31.2 Å². The molecule has 5 nitrogen and oxygen atoms in total. The summed E-state index contributed by atoms with van der Waals surface area (Å²) in [5.74, 6) is 1.13. The van der Waals surface area contributed by atoms with E-state index in [0.29, 0.717) is 10.9 Å². The molecule has 1 fully saturated rings. The van der Waals surface area contributed by atoms with Crippen molar-refractivity contribution < 1.29 is 4.92 Å². The lowest BCUT2D eigenvalue weighted by Gasteiger charge is -2.30. The van der Waals surface area contributed by atoms with Gasteiger partial charge in [0.15, 0.2) is 0 Å². The number of benzene rings is 1. The minimum atomic E-state index is -0.329. The van der Waals surface area contributed by atoms with Gasteiger partial charge in [-0.3, -0.25) is 15.0 Å². The molecule has 0 bridgehead atoms. The van der Waals surface area contributed by atoms with E-state index in [2.05, 4.69) is 17.1 Å². The number of nitro benzene ring substituents is 1. The number of hydrogen-bond donors (Lipinski definition) is 1. The monoisotopic (exact) mass is 281 g/mol. The van der Waals surface area contributed by atoms with Gasteiger partial charge in [-0.15, -0.1) is 0 Å². The van der Waals surface area contributed by atoms with Crippen LogP contribution in [0.5, 0.6) is 0 Å². The Bertz CT molecular complexity index is 467. The number of thioether (sulfide) groups is 1. The Kier molecular flexibility index (Phi) is 4.66. The maximum Gasteiger partial charge on any atom is 0.292 e. The van der Waals surface area contributed by atoms with E-state index < -0.39 is 0 Å². The van der Waals surface area contributed by atoms with Crippen LogP contribution in [0.2, 0.25) is 0 Å². The number of anilines is 1. The Hall–Kier alpha value is -1.27. The molecule has 104 valence electrons. The first-order valence-corrected chi connectivity index (χ1v) is 7.44. The fourth-order valence-corrected chi connectivity index (χ4v) is 3.52. The van der Waals surface area contributed by atoms with E-state index >= 15 is 0 Å². The lowest BCUT2D eigenvalue weighted by molar-refractivity contribution is -0.384. The predicted octanol–water partition coefficient (Wildman–Crippen LogP) is 2.57. The first kappa shape index (κ1) is 14.1. The number of nitro groups is 1. The van der Waals surface area contributed by atoms with E-state index in [1.807, 2.05) is 17.8 Å². The molecule has 0 aliphatic carbocycles. The van der Waals surface area contributed by atoms with E-state index in [1.165, 1.54) is 0 Å². The molecular formula is C13H19N3O2S. The quantitative estimate of drug-likeness (QED) is 0.679. The minimum absolute atomic E-state index is 0.152. The predicted molar refractivity (Wildman–Crippen MR) is 79.8 cm³/mol. The van der Waals surface area contributed by atoms with Crippen LogP contribution in [0.3, 0.4) is 0 Å². The number of hydrogen-bond acceptors (Lipinski definition) is 5. The zero-order valence-corrected chi connectivity index (χ0v) is 12.1. The van der Waals surface area contributed by atoms with Gasteiger partial charge < -0.3 is 5.32 Å². The summed E-state index contributed by atoms with van der Waals surface area (Å²) in [7, 11) is 1.74. The highest BCUT2D eigenvalue weighted by molar-refractivity contribution is 7.99. The maximum absolute atomic E-state index is 11.0. The second kappa shape index (κ2) is 6.25. The molecule has 2 rings (SSSR count). The summed E-state index contributed by atoms with van der Waals surface area (Å²) in [5.41, 5.74) is 1.79. The smallest absolute Gasteiger partial charge is 0.292 e. The molecule has 1 aliphatic heterocycles. The Morgan fingerprint density at radius 1 is 1.58 bits per heavy atom. The van der Waals surface area contributed by atoms with Gasteiger partial charge in [-0.05, 0) is 5.56 Å². The van der Waals surface area contributed by atoms with Crippen molar-refractivity contribution in [1.82, 2.24) is 4.90 Å². The summed E-state index contributed by atoms with van der Waals surface area (Å²) in [6, 6.07) is 5.27. The van der Waals surface area contributed by atoms with E-state index in [-0.39, 0.29) is 10.6 Å². The fourth-order valence-electron chi connectivity index (χ4n) is 2.43. The summed E-state index contributed by atoms with van der Waals surface area (Å²) in [6.45, 7) is 5.07. The molecule has 19 heavy (non-hydrogen) atoms. The molecule has 1 aromatic carbocycles. The molecule has 0 radical (unpaired) electrons. The fraction of sp³-hybridized carbons (Fsp3) is 0.538. The Balaban J connectivity index is 2.19. The zero-order valence-electron chi connectivity index (χ0n) is 11.3. The highest BCUT2D eigenvalue weighted by atomic mass is 32.2. The summed E-state index contributed by atoms with van der Waals surface area (Å²) >= 11 is 1.98. The van der Waals surface area contributed by atoms with Crippen molar-refractivity contribution in [3.8, 4) is 0 Å². The Labute approximate surface area is 117 Å². The molecule has 1 saturated heterocycles. The van der Waals surface area contributed by atoms with Gasteiger partial charge in [0, 0.05) is 43.8 Å². The average Bonchev–Trinajstić information content (AvgIpc) is 2.38. The second-order valence-corrected chi connectivity index (χ2v) is 6.28. The SMILES string of the molecule is CNc1c(CN2CCSC(C)C2)cccc1[N+](=O)[O-]. The Morgan fingerprint density at radius 2 is 2.37 bits per heavy atom. The van der Waals surface area contributed by atoms with Gasteiger partial charge >= 0.3 is 0 Å². The van der Waals surface area contributed by atoms with Crippen LogP contribution in [0, 0.1) is 10.1 Å². The van der Waals surface area contributed by atoms with Gasteiger partial charge in [-0.1, -0.05) is 19.1 Å². The lowest BCUT2D eigenvalue weighted by Crippen LogP contribution is -2.36. The van der Waals surface area contributed by atoms with Gasteiger partial charge in [-0.25, -0.2) is 0 Å². The molecule has 6 heteroatoms. The van der Waals surface area contributed by atoms with Crippen molar-refractivity contribution in [3.05, 3.63) is 33.9 Å². The summed E-state index contributed by atoms with van der Waals surface area (Å²) in [6.07, 6.45) is 0. The molecule has 1 aliphatic rings. The molecule has 0 spiro atoms. The Morgan fingerprint density at radius 3 is 3.00 bits per heavy atom. The van der Waals surface area contributed by atoms with Gasteiger partial charge in [0.05, 0.1) is 4.92 Å². The summed E-state index contributed by atoms with van der Waals surface area (Å²) < 4.78 is 0. The van der Waals surface area contributed by atoms with Gasteiger partial charge in [0.2, 0.25) is 0 Å². The zero-order chi connectivity index (χ0) is 13.8. The van der Waals surface area contributed by atoms with Crippen molar-refractivity contribution >= 4 is 23.1 Å². The van der Waals surface area contributed by atoms with Crippen LogP contribution < -0.4 is 5.32 Å². The molecule has 1 heterocycles. The normalized spacial score (nSPS) is 20.2. The molecule has 1 N–H and O–H groups in total. The van der Waals surface area contributed by atoms with Crippen LogP contribution in [0.25, 0.3) is 0 Å². The minimum Gasteiger partial charge on any atom is -0.382 e. The third-order valence-electron chi connectivity index (χ3n) is 3.29. The molecule has 0 aromatic heterocycles. The third-order valence-corrected chi connectivity index (χ3v) is 4.43. The number of rotatable bonds is 4. The van der Waals surface area contributed by atoms with Gasteiger partial charge in [0.1, 0.15) is 5.69 Å². The average molecular weight is 281 g/mol. The largest absolute Gasteiger partial charge is 0.382 e. The number of para-hydroxylation sites is 1. The highest BCUT2D eigenvalue weighted by Crippen LogP contribution is 2.29. The molecular weight excluding hydrogens is 262 g/mol. The van der Waals surface area contributed by atoms with Gasteiger partial charge in [-0.2, -0.15) is 11.8 Å². The van der Waals surface area contributed by atoms with Crippen molar-refractivity contribution in [2.45, 2.75) is 18.7 Å². The van der Waals surface area contributed by atoms with Crippen molar-refractivity contribution in [2.24, 2.45) is 0 Å². The summed E-state index contributed by atoms with van der Waals surface area (Å²) in [5, 5.41) is 14.6. The molecule has 1 atom stereocenters. The van der Waals surface area contributed by atoms with E-state index in [1.54, 1.807) is 19.2 Å². The van der Waals surface area contributed by atoms with Crippen LogP contribution >= 0.6 is 11.8 Å². The van der Waals surface area contributed by atoms with Crippen molar-refractivity contribution in [3.63, 3.8) is 0 Å². The third kappa shape index (κ3) is 3.39. The van der Waals surface area contributed by atoms with Crippen LogP contribution in [-0.4, -0.2) is 41.0 Å². The van der Waals surface area contributed by atoms with E-state index in [9.17, 15) is 10.1 Å². The molecule has 0 amide bonds. The number of nitrogens with zero attached hydrogens (tertiary/aromatic N) is 2. The van der Waals surface area contributed by atoms with Gasteiger partial charge in [0.25, 0.3) is 5.69 Å². The first-order valence-electron chi connectivity index (χ1n) is 6.39. The van der Waals surface area contributed by atoms with E-state index in [0.717, 1.165) is 31.0 Å². The molecule has 0 saturated carbocycles. The standard InChI is InChI=1S/C13H19N3O2S/c1-10-8-15(6-7-19-10)9-11-4-3-5-12(16(17)18)13(11)14-2/h3-5,10,14H,6-9H2,1-2H3. The number of nitrogens with one attached hydrogen (secondary N) is 1. The van der Waals surface area contributed by atoms with Crippen LogP contribution in [-0.2, 0) is 6.54 Å². The molecule has 1 unspecified atom stereocenters. The highest BCUT2D eigenvalue weighted by Gasteiger charge is 2.21. The lowest BCUT2D eigenvalue weighted by atomic mass is 10.1. The second-order valence-electron chi connectivity index (χ2n) is 4.73. The van der Waals surface area contributed by atoms with Crippen molar-refractivity contribution in [1.29, 1.82) is 0 Å². The van der Waals surface area contributed by atoms with Crippen LogP contribution in [0.15, 0.2) is 18.2 Å². The first-order chi connectivity index (χ1) is 9.11. The van der Waals surface area contributed by atoms with E-state index in [4.69, 9.17) is 0 Å². The molecule has 1 aromatic rings. The summed E-state index contributed by atoms with van der Waals surface area (Å²) in [4.78, 5) is 13.1. The van der Waals surface area contributed by atoms with Crippen LogP contribution in [0.1, 0.15) is 12.5 Å². The topological polar surface area (TPSA) is 58.4 Å². The van der Waals surface area contributed by atoms with Crippen LogP contribution in [0.4, 0.5) is 11.4 Å².